The van der Waals surface area contributed by atoms with E-state index in [1.165, 1.54) is 25.3 Å². The molecule has 0 aromatic carbocycles. The molecule has 0 aliphatic carbocycles. The highest BCUT2D eigenvalue weighted by molar-refractivity contribution is 8.00. The zero-order valence-electron chi connectivity index (χ0n) is 13.2. The Morgan fingerprint density at radius 2 is 2.38 bits per heavy atom. The van der Waals surface area contributed by atoms with Crippen molar-refractivity contribution in [3.63, 3.8) is 0 Å². The number of hydrogen-bond acceptors (Lipinski definition) is 5. The number of aromatic nitrogens is 3. The Labute approximate surface area is 131 Å². The van der Waals surface area contributed by atoms with Gasteiger partial charge in [-0.25, -0.2) is 0 Å². The highest BCUT2D eigenvalue weighted by atomic mass is 32.2. The molecule has 2 saturated heterocycles. The summed E-state index contributed by atoms with van der Waals surface area (Å²) in [6, 6.07) is 0. The molecule has 1 atom stereocenters. The first-order chi connectivity index (χ1) is 10.1. The maximum atomic E-state index is 4.34. The first-order valence-corrected chi connectivity index (χ1v) is 9.05. The zero-order chi connectivity index (χ0) is 14.7. The lowest BCUT2D eigenvalue weighted by Gasteiger charge is -2.37. The average Bonchev–Trinajstić information content (AvgIpc) is 3.08. The molecule has 2 aliphatic heterocycles. The van der Waals surface area contributed by atoms with Crippen LogP contribution in [0, 0.1) is 5.92 Å². The minimum Gasteiger partial charge on any atom is -0.316 e. The maximum absolute atomic E-state index is 4.34. The van der Waals surface area contributed by atoms with Crippen molar-refractivity contribution in [2.75, 3.05) is 38.5 Å². The van der Waals surface area contributed by atoms with Crippen molar-refractivity contribution < 1.29 is 0 Å². The van der Waals surface area contributed by atoms with Gasteiger partial charge in [-0.05, 0) is 39.3 Å². The lowest BCUT2D eigenvalue weighted by atomic mass is 10.1. The third-order valence-electron chi connectivity index (χ3n) is 4.38. The van der Waals surface area contributed by atoms with Gasteiger partial charge in [-0.15, -0.1) is 5.10 Å². The van der Waals surface area contributed by atoms with Gasteiger partial charge in [0.15, 0.2) is 0 Å². The van der Waals surface area contributed by atoms with Crippen LogP contribution in [0.2, 0.25) is 0 Å². The molecule has 0 bridgehead atoms. The van der Waals surface area contributed by atoms with E-state index in [1.807, 2.05) is 4.68 Å². The van der Waals surface area contributed by atoms with Crippen LogP contribution in [0.15, 0.2) is 6.20 Å². The Kier molecular flexibility index (Phi) is 4.86. The van der Waals surface area contributed by atoms with Gasteiger partial charge in [0.2, 0.25) is 0 Å². The highest BCUT2D eigenvalue weighted by Gasteiger charge is 2.26. The zero-order valence-corrected chi connectivity index (χ0v) is 14.0. The van der Waals surface area contributed by atoms with Crippen LogP contribution in [0.3, 0.4) is 0 Å². The molecule has 1 N–H and O–H groups in total. The van der Waals surface area contributed by atoms with E-state index in [0.717, 1.165) is 44.2 Å². The third-order valence-corrected chi connectivity index (χ3v) is 5.68. The Hall–Kier alpha value is -0.590. The molecular formula is C15H27N5S. The average molecular weight is 309 g/mol. The Balaban J connectivity index is 1.46. The van der Waals surface area contributed by atoms with Gasteiger partial charge in [-0.1, -0.05) is 5.21 Å². The second-order valence-corrected chi connectivity index (χ2v) is 8.73. The molecule has 1 aromatic rings. The van der Waals surface area contributed by atoms with Crippen molar-refractivity contribution in [1.82, 2.24) is 25.2 Å². The molecule has 21 heavy (non-hydrogen) atoms. The standard InChI is InChI=1S/C15H27N5S/c1-15(2)12-19(7-8-21-15)6-4-14-11-20(18-17-14)10-13-3-5-16-9-13/h11,13,16H,3-10,12H2,1-2H3. The van der Waals surface area contributed by atoms with Crippen LogP contribution in [-0.4, -0.2) is 63.1 Å². The molecule has 0 spiro atoms. The Bertz CT molecular complexity index is 453. The maximum Gasteiger partial charge on any atom is 0.0839 e. The second kappa shape index (κ2) is 6.67. The van der Waals surface area contributed by atoms with E-state index in [4.69, 9.17) is 0 Å². The van der Waals surface area contributed by atoms with E-state index >= 15 is 0 Å². The Morgan fingerprint density at radius 3 is 3.14 bits per heavy atom. The number of hydrogen-bond donors (Lipinski definition) is 1. The molecule has 0 saturated carbocycles. The molecule has 5 nitrogen and oxygen atoms in total. The Morgan fingerprint density at radius 1 is 1.48 bits per heavy atom. The van der Waals surface area contributed by atoms with Crippen molar-refractivity contribution in [2.24, 2.45) is 5.92 Å². The molecule has 118 valence electrons. The predicted molar refractivity (Wildman–Crippen MR) is 87.7 cm³/mol. The first-order valence-electron chi connectivity index (χ1n) is 8.07. The van der Waals surface area contributed by atoms with Crippen LogP contribution >= 0.6 is 11.8 Å². The number of thioether (sulfide) groups is 1. The van der Waals surface area contributed by atoms with Gasteiger partial charge < -0.3 is 10.2 Å². The largest absolute Gasteiger partial charge is 0.316 e. The molecule has 2 fully saturated rings. The molecule has 2 aliphatic rings. The van der Waals surface area contributed by atoms with Crippen molar-refractivity contribution in [3.8, 4) is 0 Å². The van der Waals surface area contributed by atoms with Crippen molar-refractivity contribution in [2.45, 2.75) is 38.0 Å². The minimum absolute atomic E-state index is 0.394. The summed E-state index contributed by atoms with van der Waals surface area (Å²) in [5.41, 5.74) is 1.14. The van der Waals surface area contributed by atoms with E-state index in [2.05, 4.69) is 52.3 Å². The highest BCUT2D eigenvalue weighted by Crippen LogP contribution is 2.29. The van der Waals surface area contributed by atoms with E-state index in [0.29, 0.717) is 4.75 Å². The van der Waals surface area contributed by atoms with Crippen molar-refractivity contribution in [3.05, 3.63) is 11.9 Å². The summed E-state index contributed by atoms with van der Waals surface area (Å²) in [4.78, 5) is 2.57. The monoisotopic (exact) mass is 309 g/mol. The van der Waals surface area contributed by atoms with Crippen molar-refractivity contribution in [1.29, 1.82) is 0 Å². The fraction of sp³-hybridized carbons (Fsp3) is 0.867. The van der Waals surface area contributed by atoms with Gasteiger partial charge in [0, 0.05) is 49.3 Å². The molecule has 0 amide bonds. The van der Waals surface area contributed by atoms with Gasteiger partial charge in [0.05, 0.1) is 5.69 Å². The summed E-state index contributed by atoms with van der Waals surface area (Å²) in [6.07, 6.45) is 4.42. The summed E-state index contributed by atoms with van der Waals surface area (Å²) in [7, 11) is 0. The normalized spacial score (nSPS) is 26.3. The summed E-state index contributed by atoms with van der Waals surface area (Å²) >= 11 is 2.09. The van der Waals surface area contributed by atoms with Crippen LogP contribution in [-0.2, 0) is 13.0 Å². The van der Waals surface area contributed by atoms with Gasteiger partial charge >= 0.3 is 0 Å². The predicted octanol–water partition coefficient (Wildman–Crippen LogP) is 1.26. The number of nitrogens with one attached hydrogen (secondary N) is 1. The SMILES string of the molecule is CC1(C)CN(CCc2cn(CC3CCNC3)nn2)CCS1. The molecule has 1 unspecified atom stereocenters. The molecular weight excluding hydrogens is 282 g/mol. The smallest absolute Gasteiger partial charge is 0.0839 e. The number of nitrogens with zero attached hydrogens (tertiary/aromatic N) is 4. The van der Waals surface area contributed by atoms with E-state index in [9.17, 15) is 0 Å². The molecule has 0 radical (unpaired) electrons. The van der Waals surface area contributed by atoms with Crippen LogP contribution < -0.4 is 5.32 Å². The quantitative estimate of drug-likeness (QED) is 0.887. The second-order valence-electron chi connectivity index (χ2n) is 6.93. The summed E-state index contributed by atoms with van der Waals surface area (Å²) in [5.74, 6) is 1.97. The lowest BCUT2D eigenvalue weighted by molar-refractivity contribution is 0.263. The number of rotatable bonds is 5. The molecule has 1 aromatic heterocycles. The molecule has 6 heteroatoms. The van der Waals surface area contributed by atoms with Gasteiger partial charge in [0.1, 0.15) is 0 Å². The molecule has 3 rings (SSSR count). The van der Waals surface area contributed by atoms with Crippen molar-refractivity contribution >= 4 is 11.8 Å². The van der Waals surface area contributed by atoms with Gasteiger partial charge in [-0.2, -0.15) is 11.8 Å². The van der Waals surface area contributed by atoms with Gasteiger partial charge in [-0.3, -0.25) is 4.68 Å². The van der Waals surface area contributed by atoms with E-state index in [1.54, 1.807) is 0 Å². The topological polar surface area (TPSA) is 46.0 Å². The summed E-state index contributed by atoms with van der Waals surface area (Å²) in [5, 5.41) is 12.0. The van der Waals surface area contributed by atoms with Crippen LogP contribution in [0.5, 0.6) is 0 Å². The summed E-state index contributed by atoms with van der Waals surface area (Å²) < 4.78 is 2.42. The fourth-order valence-corrected chi connectivity index (χ4v) is 4.43. The minimum atomic E-state index is 0.394. The van der Waals surface area contributed by atoms with Crippen LogP contribution in [0.4, 0.5) is 0 Å². The van der Waals surface area contributed by atoms with E-state index < -0.39 is 0 Å². The van der Waals surface area contributed by atoms with Crippen LogP contribution in [0.1, 0.15) is 26.0 Å². The first kappa shape index (κ1) is 15.3. The van der Waals surface area contributed by atoms with Gasteiger partial charge in [0.25, 0.3) is 0 Å². The lowest BCUT2D eigenvalue weighted by Crippen LogP contribution is -2.43. The van der Waals surface area contributed by atoms with Crippen LogP contribution in [0.25, 0.3) is 0 Å². The summed E-state index contributed by atoms with van der Waals surface area (Å²) in [6.45, 7) is 11.5. The molecule has 3 heterocycles. The fourth-order valence-electron chi connectivity index (χ4n) is 3.25. The third kappa shape index (κ3) is 4.44. The van der Waals surface area contributed by atoms with E-state index in [-0.39, 0.29) is 0 Å².